The molecule has 2 aromatic rings. The van der Waals surface area contributed by atoms with Crippen LogP contribution < -0.4 is 4.74 Å². The maximum Gasteiger partial charge on any atom is 0.330 e. The van der Waals surface area contributed by atoms with Crippen molar-refractivity contribution in [1.82, 2.24) is 0 Å². The van der Waals surface area contributed by atoms with Gasteiger partial charge in [-0.3, -0.25) is 0 Å². The SMILES string of the molecule is CCOC(=O)C=Cc1cccc(Oc2cccc(C#N)c2)c1. The van der Waals surface area contributed by atoms with E-state index < -0.39 is 0 Å². The van der Waals surface area contributed by atoms with E-state index in [-0.39, 0.29) is 5.97 Å². The first kappa shape index (κ1) is 15.3. The highest BCUT2D eigenvalue weighted by atomic mass is 16.5. The van der Waals surface area contributed by atoms with Gasteiger partial charge in [0.05, 0.1) is 18.2 Å². The third-order valence-corrected chi connectivity index (χ3v) is 2.76. The van der Waals surface area contributed by atoms with Crippen LogP contribution >= 0.6 is 0 Å². The highest BCUT2D eigenvalue weighted by Gasteiger charge is 2.00. The summed E-state index contributed by atoms with van der Waals surface area (Å²) in [5, 5.41) is 8.88. The lowest BCUT2D eigenvalue weighted by Gasteiger charge is -2.06. The lowest BCUT2D eigenvalue weighted by Crippen LogP contribution is -1.98. The molecule has 2 rings (SSSR count). The molecule has 0 unspecified atom stereocenters. The molecule has 0 radical (unpaired) electrons. The van der Waals surface area contributed by atoms with E-state index in [4.69, 9.17) is 14.7 Å². The van der Waals surface area contributed by atoms with Crippen LogP contribution in [0.3, 0.4) is 0 Å². The third kappa shape index (κ3) is 4.50. The van der Waals surface area contributed by atoms with E-state index in [0.29, 0.717) is 23.7 Å². The lowest BCUT2D eigenvalue weighted by atomic mass is 10.2. The van der Waals surface area contributed by atoms with Crippen molar-refractivity contribution < 1.29 is 14.3 Å². The van der Waals surface area contributed by atoms with Crippen LogP contribution in [-0.4, -0.2) is 12.6 Å². The summed E-state index contributed by atoms with van der Waals surface area (Å²) in [7, 11) is 0. The number of carbonyl (C=O) groups is 1. The number of esters is 1. The molecule has 0 spiro atoms. The fourth-order valence-electron chi connectivity index (χ4n) is 1.80. The van der Waals surface area contributed by atoms with Crippen LogP contribution in [0, 0.1) is 11.3 Å². The van der Waals surface area contributed by atoms with Crippen LogP contribution in [0.25, 0.3) is 6.08 Å². The van der Waals surface area contributed by atoms with Gasteiger partial charge >= 0.3 is 5.97 Å². The molecule has 0 atom stereocenters. The second-order valence-electron chi connectivity index (χ2n) is 4.40. The van der Waals surface area contributed by atoms with Gasteiger partial charge in [-0.05, 0) is 48.9 Å². The topological polar surface area (TPSA) is 59.3 Å². The van der Waals surface area contributed by atoms with Crippen molar-refractivity contribution in [3.05, 3.63) is 65.7 Å². The predicted octanol–water partition coefficient (Wildman–Crippen LogP) is 3.93. The molecule has 0 N–H and O–H groups in total. The highest BCUT2D eigenvalue weighted by molar-refractivity contribution is 5.87. The molecule has 4 heteroatoms. The van der Waals surface area contributed by atoms with Crippen molar-refractivity contribution in [2.45, 2.75) is 6.92 Å². The second kappa shape index (κ2) is 7.65. The minimum Gasteiger partial charge on any atom is -0.463 e. The van der Waals surface area contributed by atoms with Gasteiger partial charge in [0.2, 0.25) is 0 Å². The fourth-order valence-corrected chi connectivity index (χ4v) is 1.80. The Labute approximate surface area is 129 Å². The Balaban J connectivity index is 2.11. The van der Waals surface area contributed by atoms with E-state index in [1.165, 1.54) is 6.08 Å². The number of hydrogen-bond donors (Lipinski definition) is 0. The molecule has 0 saturated carbocycles. The molecule has 0 aliphatic heterocycles. The van der Waals surface area contributed by atoms with Gasteiger partial charge < -0.3 is 9.47 Å². The minimum atomic E-state index is -0.379. The smallest absolute Gasteiger partial charge is 0.330 e. The first-order valence-electron chi connectivity index (χ1n) is 6.84. The van der Waals surface area contributed by atoms with Crippen LogP contribution in [-0.2, 0) is 9.53 Å². The number of benzene rings is 2. The molecule has 0 bridgehead atoms. The van der Waals surface area contributed by atoms with Crippen molar-refractivity contribution in [2.75, 3.05) is 6.61 Å². The van der Waals surface area contributed by atoms with Gasteiger partial charge in [-0.2, -0.15) is 5.26 Å². The molecule has 0 aliphatic rings. The highest BCUT2D eigenvalue weighted by Crippen LogP contribution is 2.23. The largest absolute Gasteiger partial charge is 0.463 e. The molecule has 2 aromatic carbocycles. The molecule has 0 saturated heterocycles. The van der Waals surface area contributed by atoms with E-state index >= 15 is 0 Å². The number of rotatable bonds is 5. The van der Waals surface area contributed by atoms with Crippen LogP contribution in [0.5, 0.6) is 11.5 Å². The van der Waals surface area contributed by atoms with Gasteiger partial charge in [-0.15, -0.1) is 0 Å². The standard InChI is InChI=1S/C18H15NO3/c1-2-21-18(20)10-9-14-5-3-7-16(11-14)22-17-8-4-6-15(12-17)13-19/h3-12H,2H2,1H3. The fraction of sp³-hybridized carbons (Fsp3) is 0.111. The van der Waals surface area contributed by atoms with Crippen LogP contribution in [0.1, 0.15) is 18.1 Å². The maximum atomic E-state index is 11.3. The van der Waals surface area contributed by atoms with Crippen molar-refractivity contribution >= 4 is 12.0 Å². The Kier molecular flexibility index (Phi) is 5.33. The summed E-state index contributed by atoms with van der Waals surface area (Å²) in [6, 6.07) is 16.3. The number of hydrogen-bond acceptors (Lipinski definition) is 4. The van der Waals surface area contributed by atoms with E-state index in [2.05, 4.69) is 6.07 Å². The van der Waals surface area contributed by atoms with Gasteiger partial charge in [0, 0.05) is 6.08 Å². The molecular weight excluding hydrogens is 278 g/mol. The molecular formula is C18H15NO3. The average molecular weight is 293 g/mol. The molecule has 22 heavy (non-hydrogen) atoms. The Morgan fingerprint density at radius 3 is 2.64 bits per heavy atom. The number of ether oxygens (including phenoxy) is 2. The maximum absolute atomic E-state index is 11.3. The lowest BCUT2D eigenvalue weighted by molar-refractivity contribution is -0.137. The molecule has 0 aliphatic carbocycles. The Morgan fingerprint density at radius 2 is 1.91 bits per heavy atom. The summed E-state index contributed by atoms with van der Waals surface area (Å²) in [6.07, 6.45) is 3.04. The van der Waals surface area contributed by atoms with Crippen LogP contribution in [0.15, 0.2) is 54.6 Å². The van der Waals surface area contributed by atoms with E-state index in [9.17, 15) is 4.79 Å². The first-order valence-corrected chi connectivity index (χ1v) is 6.84. The van der Waals surface area contributed by atoms with Crippen molar-refractivity contribution in [3.8, 4) is 17.6 Å². The minimum absolute atomic E-state index is 0.349. The first-order chi connectivity index (χ1) is 10.7. The predicted molar refractivity (Wildman–Crippen MR) is 83.3 cm³/mol. The summed E-state index contributed by atoms with van der Waals surface area (Å²) < 4.78 is 10.5. The summed E-state index contributed by atoms with van der Waals surface area (Å²) in [6.45, 7) is 2.11. The summed E-state index contributed by atoms with van der Waals surface area (Å²) >= 11 is 0. The summed E-state index contributed by atoms with van der Waals surface area (Å²) in [4.78, 5) is 11.3. The average Bonchev–Trinajstić information content (AvgIpc) is 2.54. The molecule has 0 aromatic heterocycles. The van der Waals surface area contributed by atoms with Crippen molar-refractivity contribution in [1.29, 1.82) is 5.26 Å². The monoisotopic (exact) mass is 293 g/mol. The zero-order chi connectivity index (χ0) is 15.8. The zero-order valence-corrected chi connectivity index (χ0v) is 12.2. The van der Waals surface area contributed by atoms with E-state index in [1.807, 2.05) is 12.1 Å². The summed E-state index contributed by atoms with van der Waals surface area (Å²) in [5.41, 5.74) is 1.36. The van der Waals surface area contributed by atoms with Crippen molar-refractivity contribution in [2.24, 2.45) is 0 Å². The molecule has 4 nitrogen and oxygen atoms in total. The van der Waals surface area contributed by atoms with Gasteiger partial charge in [0.1, 0.15) is 11.5 Å². The molecule has 110 valence electrons. The Hall–Kier alpha value is -3.06. The van der Waals surface area contributed by atoms with Gasteiger partial charge in [-0.1, -0.05) is 18.2 Å². The normalized spacial score (nSPS) is 10.2. The number of nitrogens with zero attached hydrogens (tertiary/aromatic N) is 1. The number of carbonyl (C=O) groups excluding carboxylic acids is 1. The van der Waals surface area contributed by atoms with Crippen molar-refractivity contribution in [3.63, 3.8) is 0 Å². The summed E-state index contributed by atoms with van der Waals surface area (Å²) in [5.74, 6) is 0.835. The van der Waals surface area contributed by atoms with Crippen LogP contribution in [0.2, 0.25) is 0 Å². The number of nitriles is 1. The van der Waals surface area contributed by atoms with Gasteiger partial charge in [-0.25, -0.2) is 4.79 Å². The molecule has 0 heterocycles. The van der Waals surface area contributed by atoms with Crippen LogP contribution in [0.4, 0.5) is 0 Å². The Bertz CT molecular complexity index is 729. The van der Waals surface area contributed by atoms with Gasteiger partial charge in [0.25, 0.3) is 0 Å². The third-order valence-electron chi connectivity index (χ3n) is 2.76. The second-order valence-corrected chi connectivity index (χ2v) is 4.40. The zero-order valence-electron chi connectivity index (χ0n) is 12.2. The Morgan fingerprint density at radius 1 is 1.18 bits per heavy atom. The quantitative estimate of drug-likeness (QED) is 0.619. The molecule has 0 fully saturated rings. The van der Waals surface area contributed by atoms with Gasteiger partial charge in [0.15, 0.2) is 0 Å². The van der Waals surface area contributed by atoms with E-state index in [0.717, 1.165) is 5.56 Å². The molecule has 0 amide bonds. The van der Waals surface area contributed by atoms with E-state index in [1.54, 1.807) is 49.4 Å².